The second kappa shape index (κ2) is 4.12. The van der Waals surface area contributed by atoms with Crippen LogP contribution in [0.25, 0.3) is 0 Å². The van der Waals surface area contributed by atoms with Crippen LogP contribution in [0.15, 0.2) is 24.3 Å². The van der Waals surface area contributed by atoms with E-state index in [2.05, 4.69) is 17.4 Å². The molecule has 0 amide bonds. The maximum absolute atomic E-state index is 5.83. The van der Waals surface area contributed by atoms with Crippen molar-refractivity contribution in [2.75, 3.05) is 6.54 Å². The van der Waals surface area contributed by atoms with Crippen molar-refractivity contribution in [3.8, 4) is 0 Å². The Hall–Kier alpha value is -0.530. The molecule has 1 saturated heterocycles. The van der Waals surface area contributed by atoms with Crippen molar-refractivity contribution in [3.05, 3.63) is 34.9 Å². The zero-order valence-corrected chi connectivity index (χ0v) is 8.35. The summed E-state index contributed by atoms with van der Waals surface area (Å²) in [6.07, 6.45) is 3.89. The lowest BCUT2D eigenvalue weighted by atomic mass is 9.98. The molecular formula is C11H14ClN. The van der Waals surface area contributed by atoms with E-state index in [4.69, 9.17) is 11.6 Å². The Morgan fingerprint density at radius 2 is 1.92 bits per heavy atom. The third kappa shape index (κ3) is 2.23. The Kier molecular flexibility index (Phi) is 2.87. The fourth-order valence-electron chi connectivity index (χ4n) is 1.83. The highest BCUT2D eigenvalue weighted by Crippen LogP contribution is 2.23. The quantitative estimate of drug-likeness (QED) is 0.726. The minimum Gasteiger partial charge on any atom is -0.310 e. The van der Waals surface area contributed by atoms with Crippen LogP contribution in [0.5, 0.6) is 0 Å². The Morgan fingerprint density at radius 1 is 1.15 bits per heavy atom. The second-order valence-corrected chi connectivity index (χ2v) is 3.99. The third-order valence-electron chi connectivity index (χ3n) is 2.58. The normalized spacial score (nSPS) is 23.0. The second-order valence-electron chi connectivity index (χ2n) is 3.55. The molecule has 1 fully saturated rings. The van der Waals surface area contributed by atoms with Gasteiger partial charge in [0.2, 0.25) is 0 Å². The van der Waals surface area contributed by atoms with Crippen LogP contribution in [0.1, 0.15) is 30.9 Å². The number of piperidine rings is 1. The van der Waals surface area contributed by atoms with Crippen LogP contribution >= 0.6 is 11.6 Å². The van der Waals surface area contributed by atoms with Crippen molar-refractivity contribution < 1.29 is 0 Å². The summed E-state index contributed by atoms with van der Waals surface area (Å²) in [6, 6.07) is 8.71. The zero-order valence-electron chi connectivity index (χ0n) is 7.59. The molecule has 0 aliphatic carbocycles. The van der Waals surface area contributed by atoms with Gasteiger partial charge in [-0.1, -0.05) is 30.2 Å². The highest BCUT2D eigenvalue weighted by molar-refractivity contribution is 6.30. The number of benzene rings is 1. The first-order valence-corrected chi connectivity index (χ1v) is 5.23. The van der Waals surface area contributed by atoms with Crippen LogP contribution in [-0.2, 0) is 0 Å². The molecule has 0 unspecified atom stereocenters. The number of rotatable bonds is 1. The van der Waals surface area contributed by atoms with E-state index in [0.717, 1.165) is 11.6 Å². The summed E-state index contributed by atoms with van der Waals surface area (Å²) < 4.78 is 0. The lowest BCUT2D eigenvalue weighted by molar-refractivity contribution is 0.412. The molecule has 1 aliphatic rings. The maximum Gasteiger partial charge on any atom is 0.0406 e. The molecule has 2 rings (SSSR count). The largest absolute Gasteiger partial charge is 0.310 e. The molecule has 2 heteroatoms. The van der Waals surface area contributed by atoms with Gasteiger partial charge in [-0.2, -0.15) is 0 Å². The summed E-state index contributed by atoms with van der Waals surface area (Å²) in [5.74, 6) is 0. The minimum absolute atomic E-state index is 0.547. The van der Waals surface area contributed by atoms with E-state index in [-0.39, 0.29) is 0 Å². The fourth-order valence-corrected chi connectivity index (χ4v) is 1.96. The van der Waals surface area contributed by atoms with Gasteiger partial charge in [-0.05, 0) is 37.1 Å². The van der Waals surface area contributed by atoms with E-state index in [1.165, 1.54) is 24.8 Å². The van der Waals surface area contributed by atoms with Crippen molar-refractivity contribution in [1.82, 2.24) is 5.32 Å². The van der Waals surface area contributed by atoms with Crippen LogP contribution in [0.2, 0.25) is 5.02 Å². The fraction of sp³-hybridized carbons (Fsp3) is 0.455. The van der Waals surface area contributed by atoms with Gasteiger partial charge in [0.25, 0.3) is 0 Å². The Balaban J connectivity index is 2.10. The molecule has 1 atom stereocenters. The Morgan fingerprint density at radius 3 is 2.54 bits per heavy atom. The molecule has 13 heavy (non-hydrogen) atoms. The van der Waals surface area contributed by atoms with Crippen LogP contribution in [0.3, 0.4) is 0 Å². The maximum atomic E-state index is 5.83. The lowest BCUT2D eigenvalue weighted by Gasteiger charge is -2.23. The Labute approximate surface area is 84.1 Å². The highest BCUT2D eigenvalue weighted by atomic mass is 35.5. The first-order valence-electron chi connectivity index (χ1n) is 4.85. The summed E-state index contributed by atoms with van der Waals surface area (Å²) in [4.78, 5) is 0. The van der Waals surface area contributed by atoms with E-state index < -0.39 is 0 Å². The topological polar surface area (TPSA) is 12.0 Å². The van der Waals surface area contributed by atoms with Crippen LogP contribution in [0, 0.1) is 0 Å². The van der Waals surface area contributed by atoms with E-state index in [0.29, 0.717) is 6.04 Å². The summed E-state index contributed by atoms with van der Waals surface area (Å²) in [5.41, 5.74) is 1.36. The predicted molar refractivity (Wildman–Crippen MR) is 56.0 cm³/mol. The van der Waals surface area contributed by atoms with Crippen LogP contribution in [-0.4, -0.2) is 6.54 Å². The predicted octanol–water partition coefficient (Wildman–Crippen LogP) is 3.15. The SMILES string of the molecule is Clc1ccc([C@H]2CCCCN2)cc1. The Bertz CT molecular complexity index is 262. The molecule has 1 aromatic carbocycles. The van der Waals surface area contributed by atoms with Crippen LogP contribution < -0.4 is 5.32 Å². The monoisotopic (exact) mass is 195 g/mol. The number of halogens is 1. The third-order valence-corrected chi connectivity index (χ3v) is 2.83. The molecule has 1 N–H and O–H groups in total. The van der Waals surface area contributed by atoms with Gasteiger partial charge in [0.05, 0.1) is 0 Å². The molecule has 0 spiro atoms. The van der Waals surface area contributed by atoms with Gasteiger partial charge < -0.3 is 5.32 Å². The van der Waals surface area contributed by atoms with E-state index >= 15 is 0 Å². The van der Waals surface area contributed by atoms with Gasteiger partial charge in [0.15, 0.2) is 0 Å². The van der Waals surface area contributed by atoms with Crippen molar-refractivity contribution in [2.45, 2.75) is 25.3 Å². The van der Waals surface area contributed by atoms with Crippen molar-refractivity contribution in [3.63, 3.8) is 0 Å². The molecule has 1 aromatic rings. The minimum atomic E-state index is 0.547. The smallest absolute Gasteiger partial charge is 0.0406 e. The van der Waals surface area contributed by atoms with Gasteiger partial charge in [-0.3, -0.25) is 0 Å². The number of hydrogen-bond acceptors (Lipinski definition) is 1. The molecule has 1 nitrogen and oxygen atoms in total. The average Bonchev–Trinajstić information content (AvgIpc) is 2.20. The van der Waals surface area contributed by atoms with E-state index in [1.54, 1.807) is 0 Å². The van der Waals surface area contributed by atoms with E-state index in [1.807, 2.05) is 12.1 Å². The molecule has 0 radical (unpaired) electrons. The molecule has 1 heterocycles. The first kappa shape index (κ1) is 9.04. The molecule has 70 valence electrons. The van der Waals surface area contributed by atoms with Crippen molar-refractivity contribution in [1.29, 1.82) is 0 Å². The lowest BCUT2D eigenvalue weighted by Crippen LogP contribution is -2.26. The zero-order chi connectivity index (χ0) is 9.10. The van der Waals surface area contributed by atoms with Crippen molar-refractivity contribution in [2.24, 2.45) is 0 Å². The summed E-state index contributed by atoms with van der Waals surface area (Å²) in [6.45, 7) is 1.15. The van der Waals surface area contributed by atoms with E-state index in [9.17, 15) is 0 Å². The summed E-state index contributed by atoms with van der Waals surface area (Å²) >= 11 is 5.83. The first-order chi connectivity index (χ1) is 6.36. The number of hydrogen-bond donors (Lipinski definition) is 1. The average molecular weight is 196 g/mol. The highest BCUT2D eigenvalue weighted by Gasteiger charge is 2.13. The van der Waals surface area contributed by atoms with Gasteiger partial charge in [-0.25, -0.2) is 0 Å². The summed E-state index contributed by atoms with van der Waals surface area (Å²) in [5, 5.41) is 4.33. The molecule has 0 saturated carbocycles. The molecule has 0 aromatic heterocycles. The molecular weight excluding hydrogens is 182 g/mol. The molecule has 1 aliphatic heterocycles. The standard InChI is InChI=1S/C11H14ClN/c12-10-6-4-9(5-7-10)11-3-1-2-8-13-11/h4-7,11,13H,1-3,8H2/t11-/m1/s1. The van der Waals surface area contributed by atoms with Crippen molar-refractivity contribution >= 4 is 11.6 Å². The van der Waals surface area contributed by atoms with Gasteiger partial charge in [-0.15, -0.1) is 0 Å². The number of nitrogens with one attached hydrogen (secondary N) is 1. The van der Waals surface area contributed by atoms with Gasteiger partial charge in [0, 0.05) is 11.1 Å². The van der Waals surface area contributed by atoms with Crippen LogP contribution in [0.4, 0.5) is 0 Å². The summed E-state index contributed by atoms with van der Waals surface area (Å²) in [7, 11) is 0. The molecule has 0 bridgehead atoms. The van der Waals surface area contributed by atoms with Gasteiger partial charge >= 0.3 is 0 Å². The van der Waals surface area contributed by atoms with Gasteiger partial charge in [0.1, 0.15) is 0 Å².